The minimum absolute atomic E-state index is 0.00182. The van der Waals surface area contributed by atoms with E-state index in [1.165, 1.54) is 18.2 Å². The van der Waals surface area contributed by atoms with Gasteiger partial charge in [-0.3, -0.25) is 9.78 Å². The van der Waals surface area contributed by atoms with Crippen LogP contribution < -0.4 is 4.90 Å². The molecule has 0 saturated carbocycles. The Bertz CT molecular complexity index is 1480. The lowest BCUT2D eigenvalue weighted by atomic mass is 9.93. The van der Waals surface area contributed by atoms with Crippen LogP contribution in [0, 0.1) is 24.5 Å². The predicted molar refractivity (Wildman–Crippen MR) is 132 cm³/mol. The summed E-state index contributed by atoms with van der Waals surface area (Å²) in [5.74, 6) is 0.136. The fourth-order valence-electron chi connectivity index (χ4n) is 5.11. The van der Waals surface area contributed by atoms with Gasteiger partial charge in [-0.15, -0.1) is 0 Å². The molecule has 8 heteroatoms. The third-order valence-electron chi connectivity index (χ3n) is 6.91. The van der Waals surface area contributed by atoms with Crippen molar-refractivity contribution in [1.82, 2.24) is 15.0 Å². The zero-order valence-corrected chi connectivity index (χ0v) is 19.9. The average molecular weight is 477 g/mol. The Morgan fingerprint density at radius 1 is 1.17 bits per heavy atom. The van der Waals surface area contributed by atoms with Gasteiger partial charge in [-0.05, 0) is 67.6 Å². The molecule has 0 spiro atoms. The molecule has 2 aromatic heterocycles. The van der Waals surface area contributed by atoms with Crippen molar-refractivity contribution in [3.05, 3.63) is 53.5 Å². The molecule has 0 unspecified atom stereocenters. The van der Waals surface area contributed by atoms with Crippen molar-refractivity contribution < 1.29 is 18.7 Å². The Morgan fingerprint density at radius 2 is 1.91 bits per heavy atom. The highest BCUT2D eigenvalue weighted by molar-refractivity contribution is 6.01. The number of Topliss-reactive ketones (excluding diaryl/α,β-unsaturated/α-hetero) is 1. The number of hydrogen-bond donors (Lipinski definition) is 1. The summed E-state index contributed by atoms with van der Waals surface area (Å²) in [4.78, 5) is 27.2. The molecule has 180 valence electrons. The Labute approximate surface area is 201 Å². The lowest BCUT2D eigenvalue weighted by molar-refractivity contribution is -0.121. The molecule has 1 aliphatic rings. The number of aromatic nitrogens is 3. The van der Waals surface area contributed by atoms with Crippen molar-refractivity contribution in [2.45, 2.75) is 40.0 Å². The van der Waals surface area contributed by atoms with Crippen LogP contribution in [0.2, 0.25) is 0 Å². The number of nitrogens with zero attached hydrogens (tertiary/aromatic N) is 4. The topological polar surface area (TPSA) is 79.2 Å². The van der Waals surface area contributed by atoms with Crippen LogP contribution in [0.4, 0.5) is 14.6 Å². The second-order valence-corrected chi connectivity index (χ2v) is 9.12. The summed E-state index contributed by atoms with van der Waals surface area (Å²) >= 11 is 0. The van der Waals surface area contributed by atoms with Crippen LogP contribution in [-0.2, 0) is 11.2 Å². The number of halogens is 2. The summed E-state index contributed by atoms with van der Waals surface area (Å²) in [7, 11) is 0. The van der Waals surface area contributed by atoms with Gasteiger partial charge in [0.25, 0.3) is 0 Å². The number of phenols is 1. The molecule has 0 bridgehead atoms. The number of aromatic hydroxyl groups is 1. The van der Waals surface area contributed by atoms with Crippen LogP contribution >= 0.6 is 0 Å². The highest BCUT2D eigenvalue weighted by atomic mass is 19.1. The van der Waals surface area contributed by atoms with Crippen LogP contribution in [0.1, 0.15) is 38.1 Å². The first-order valence-corrected chi connectivity index (χ1v) is 11.8. The number of phenolic OH excluding ortho intramolecular Hbond substituents is 1. The molecule has 1 fully saturated rings. The van der Waals surface area contributed by atoms with Gasteiger partial charge in [0.2, 0.25) is 0 Å². The van der Waals surface area contributed by atoms with E-state index in [2.05, 4.69) is 15.0 Å². The van der Waals surface area contributed by atoms with Gasteiger partial charge in [-0.2, -0.15) is 0 Å². The molecule has 0 aliphatic carbocycles. The highest BCUT2D eigenvalue weighted by Crippen LogP contribution is 2.38. The van der Waals surface area contributed by atoms with Gasteiger partial charge < -0.3 is 10.0 Å². The van der Waals surface area contributed by atoms with E-state index in [9.17, 15) is 14.3 Å². The lowest BCUT2D eigenvalue weighted by Gasteiger charge is -2.32. The molecule has 1 aliphatic heterocycles. The summed E-state index contributed by atoms with van der Waals surface area (Å²) in [6, 6.07) is 5.87. The smallest absolute Gasteiger partial charge is 0.175 e. The molecule has 6 nitrogen and oxygen atoms in total. The Morgan fingerprint density at radius 3 is 2.60 bits per heavy atom. The van der Waals surface area contributed by atoms with E-state index in [0.29, 0.717) is 71.3 Å². The predicted octanol–water partition coefficient (Wildman–Crippen LogP) is 5.51. The van der Waals surface area contributed by atoms with E-state index in [0.717, 1.165) is 0 Å². The van der Waals surface area contributed by atoms with Gasteiger partial charge >= 0.3 is 0 Å². The molecule has 5 rings (SSSR count). The summed E-state index contributed by atoms with van der Waals surface area (Å²) in [5, 5.41) is 11.9. The van der Waals surface area contributed by atoms with Crippen LogP contribution in [0.15, 0.2) is 30.5 Å². The SMILES string of the molecule is CCc1c(F)ccc2cc(O)cc(-c3ncc4c(N5CCC(C(C)=O)CC5)nc(C)nc4c3F)c12. The van der Waals surface area contributed by atoms with E-state index >= 15 is 4.39 Å². The number of piperidine rings is 1. The van der Waals surface area contributed by atoms with Gasteiger partial charge in [0.1, 0.15) is 40.2 Å². The van der Waals surface area contributed by atoms with Gasteiger partial charge in [-0.1, -0.05) is 13.0 Å². The first-order valence-electron chi connectivity index (χ1n) is 11.8. The zero-order chi connectivity index (χ0) is 24.9. The molecule has 0 radical (unpaired) electrons. The van der Waals surface area contributed by atoms with Gasteiger partial charge in [0.15, 0.2) is 5.82 Å². The van der Waals surface area contributed by atoms with Crippen LogP contribution in [-0.4, -0.2) is 38.9 Å². The van der Waals surface area contributed by atoms with Crippen molar-refractivity contribution in [2.75, 3.05) is 18.0 Å². The molecule has 0 amide bonds. The summed E-state index contributed by atoms with van der Waals surface area (Å²) < 4.78 is 30.7. The van der Waals surface area contributed by atoms with Crippen molar-refractivity contribution in [2.24, 2.45) is 5.92 Å². The van der Waals surface area contributed by atoms with Crippen molar-refractivity contribution in [3.63, 3.8) is 0 Å². The number of aryl methyl sites for hydroxylation is 2. The number of carbonyl (C=O) groups is 1. The van der Waals surface area contributed by atoms with Crippen LogP contribution in [0.5, 0.6) is 5.75 Å². The van der Waals surface area contributed by atoms with Crippen LogP contribution in [0.3, 0.4) is 0 Å². The zero-order valence-electron chi connectivity index (χ0n) is 19.9. The molecule has 1 N–H and O–H groups in total. The van der Waals surface area contributed by atoms with E-state index in [4.69, 9.17) is 0 Å². The quantitative estimate of drug-likeness (QED) is 0.419. The second-order valence-electron chi connectivity index (χ2n) is 9.12. The Balaban J connectivity index is 1.69. The summed E-state index contributed by atoms with van der Waals surface area (Å²) in [5.41, 5.74) is 0.873. The van der Waals surface area contributed by atoms with E-state index < -0.39 is 5.82 Å². The van der Waals surface area contributed by atoms with Crippen molar-refractivity contribution in [3.8, 4) is 17.0 Å². The Hall–Kier alpha value is -3.68. The van der Waals surface area contributed by atoms with E-state index in [1.54, 1.807) is 26.1 Å². The molecule has 1 saturated heterocycles. The molecular formula is C27H26F2N4O2. The van der Waals surface area contributed by atoms with E-state index in [1.807, 2.05) is 11.8 Å². The number of ketones is 1. The maximum Gasteiger partial charge on any atom is 0.175 e. The maximum absolute atomic E-state index is 16.1. The van der Waals surface area contributed by atoms with Gasteiger partial charge in [-0.25, -0.2) is 18.7 Å². The van der Waals surface area contributed by atoms with E-state index in [-0.39, 0.29) is 34.5 Å². The first kappa shape index (κ1) is 23.1. The standard InChI is InChI=1S/C27H26F2N4O2/c1-4-19-22(28)6-5-17-11-18(35)12-20(23(17)19)25-24(29)26-21(13-30-25)27(32-15(3)31-26)33-9-7-16(8-10-33)14(2)34/h5-6,11-13,16,35H,4,7-10H2,1-3H3. The molecule has 4 aromatic rings. The van der Waals surface area contributed by atoms with Gasteiger partial charge in [0.05, 0.1) is 5.39 Å². The second kappa shape index (κ2) is 8.83. The first-order chi connectivity index (χ1) is 16.8. The molecule has 2 aromatic carbocycles. The number of hydrogen-bond acceptors (Lipinski definition) is 6. The third-order valence-corrected chi connectivity index (χ3v) is 6.91. The number of benzene rings is 2. The average Bonchev–Trinajstić information content (AvgIpc) is 2.84. The largest absolute Gasteiger partial charge is 0.508 e. The number of fused-ring (bicyclic) bond motifs is 2. The number of rotatable bonds is 4. The minimum Gasteiger partial charge on any atom is -0.508 e. The number of pyridine rings is 1. The lowest BCUT2D eigenvalue weighted by Crippen LogP contribution is -2.36. The summed E-state index contributed by atoms with van der Waals surface area (Å²) in [6.45, 7) is 6.42. The normalized spacial score (nSPS) is 14.7. The number of anilines is 1. The van der Waals surface area contributed by atoms with Gasteiger partial charge in [0, 0.05) is 30.8 Å². The van der Waals surface area contributed by atoms with Crippen molar-refractivity contribution >= 4 is 33.3 Å². The van der Waals surface area contributed by atoms with Crippen molar-refractivity contribution in [1.29, 1.82) is 0 Å². The Kier molecular flexibility index (Phi) is 5.83. The molecule has 35 heavy (non-hydrogen) atoms. The maximum atomic E-state index is 16.1. The summed E-state index contributed by atoms with van der Waals surface area (Å²) in [6.07, 6.45) is 3.38. The highest BCUT2D eigenvalue weighted by Gasteiger charge is 2.26. The molecule has 3 heterocycles. The number of carbonyl (C=O) groups excluding carboxylic acids is 1. The molecular weight excluding hydrogens is 450 g/mol. The fraction of sp³-hybridized carbons (Fsp3) is 0.333. The minimum atomic E-state index is -0.647. The van der Waals surface area contributed by atoms with Crippen LogP contribution in [0.25, 0.3) is 32.9 Å². The molecule has 0 atom stereocenters. The monoisotopic (exact) mass is 476 g/mol. The third kappa shape index (κ3) is 3.96. The fourth-order valence-corrected chi connectivity index (χ4v) is 5.11.